The van der Waals surface area contributed by atoms with E-state index in [1.165, 1.54) is 0 Å². The van der Waals surface area contributed by atoms with Crippen molar-refractivity contribution < 1.29 is 19.4 Å². The molecule has 1 aliphatic rings. The van der Waals surface area contributed by atoms with E-state index in [1.54, 1.807) is 31.2 Å². The molecule has 0 bridgehead atoms. The minimum atomic E-state index is -0.988. The molecule has 1 fully saturated rings. The van der Waals surface area contributed by atoms with Crippen molar-refractivity contribution in [3.8, 4) is 11.8 Å². The van der Waals surface area contributed by atoms with Gasteiger partial charge in [-0.3, -0.25) is 9.69 Å². The number of benzene rings is 1. The maximum absolute atomic E-state index is 12.4. The molecule has 0 radical (unpaired) electrons. The first kappa shape index (κ1) is 18.7. The lowest BCUT2D eigenvalue weighted by atomic mass is 9.96. The van der Waals surface area contributed by atoms with Crippen LogP contribution >= 0.6 is 0 Å². The second-order valence-electron chi connectivity index (χ2n) is 6.37. The maximum Gasteiger partial charge on any atom is 0.325 e. The highest BCUT2D eigenvalue weighted by Gasteiger charge is 2.47. The van der Waals surface area contributed by atoms with Crippen molar-refractivity contribution in [1.82, 2.24) is 10.2 Å². The molecule has 1 aliphatic heterocycles. The van der Waals surface area contributed by atoms with Gasteiger partial charge in [-0.2, -0.15) is 5.26 Å². The fraction of sp³-hybridized carbons (Fsp3) is 0.500. The summed E-state index contributed by atoms with van der Waals surface area (Å²) in [5, 5.41) is 21.4. The van der Waals surface area contributed by atoms with Crippen molar-refractivity contribution in [1.29, 1.82) is 5.26 Å². The maximum atomic E-state index is 12.4. The highest BCUT2D eigenvalue weighted by atomic mass is 16.5. The molecule has 1 aromatic carbocycles. The molecule has 0 saturated carbocycles. The Labute approximate surface area is 147 Å². The smallest absolute Gasteiger partial charge is 0.325 e. The number of imide groups is 1. The number of rotatable bonds is 8. The standard InChI is InChI=1S/C18H23N3O4/c1-3-9-18(2)16(23)21(17(24)20-18)11-14(22)12-25-15-6-4-13(5-7-15)8-10-19/h4-7,14,22H,3,8-9,11-12H2,1-2H3,(H,20,24)/t14-,18+/m1/s1. The Morgan fingerprint density at radius 3 is 2.64 bits per heavy atom. The zero-order chi connectivity index (χ0) is 18.4. The van der Waals surface area contributed by atoms with Gasteiger partial charge in [0, 0.05) is 0 Å². The predicted octanol–water partition coefficient (Wildman–Crippen LogP) is 1.60. The Morgan fingerprint density at radius 1 is 1.36 bits per heavy atom. The van der Waals surface area contributed by atoms with Crippen molar-refractivity contribution in [2.75, 3.05) is 13.2 Å². The highest BCUT2D eigenvalue weighted by molar-refractivity contribution is 6.06. The summed E-state index contributed by atoms with van der Waals surface area (Å²) in [6.45, 7) is 3.48. The van der Waals surface area contributed by atoms with Crippen LogP contribution in [-0.2, 0) is 11.2 Å². The second-order valence-corrected chi connectivity index (χ2v) is 6.37. The van der Waals surface area contributed by atoms with Crippen LogP contribution < -0.4 is 10.1 Å². The molecular weight excluding hydrogens is 322 g/mol. The van der Waals surface area contributed by atoms with Gasteiger partial charge in [-0.25, -0.2) is 4.79 Å². The van der Waals surface area contributed by atoms with E-state index in [4.69, 9.17) is 10.00 Å². The molecule has 2 N–H and O–H groups in total. The normalized spacial score (nSPS) is 21.0. The number of hydrogen-bond donors (Lipinski definition) is 2. The van der Waals surface area contributed by atoms with Crippen LogP contribution in [0.2, 0.25) is 0 Å². The third kappa shape index (κ3) is 4.48. The summed E-state index contributed by atoms with van der Waals surface area (Å²) in [7, 11) is 0. The number of β-amino-alcohol motifs (C(OH)–C–C–N with tert-alkyl or cyclic N) is 1. The summed E-state index contributed by atoms with van der Waals surface area (Å²) in [6, 6.07) is 8.56. The number of aliphatic hydroxyl groups is 1. The molecule has 7 heteroatoms. The lowest BCUT2D eigenvalue weighted by Crippen LogP contribution is -2.44. The van der Waals surface area contributed by atoms with Gasteiger partial charge in [0.2, 0.25) is 0 Å². The average Bonchev–Trinajstić information content (AvgIpc) is 2.78. The number of nitriles is 1. The van der Waals surface area contributed by atoms with Crippen molar-refractivity contribution in [3.63, 3.8) is 0 Å². The lowest BCUT2D eigenvalue weighted by molar-refractivity contribution is -0.132. The van der Waals surface area contributed by atoms with Crippen LogP contribution in [0.1, 0.15) is 32.3 Å². The fourth-order valence-electron chi connectivity index (χ4n) is 2.83. The van der Waals surface area contributed by atoms with E-state index in [-0.39, 0.29) is 19.1 Å². The average molecular weight is 345 g/mol. The molecule has 1 saturated heterocycles. The summed E-state index contributed by atoms with van der Waals surface area (Å²) in [6.07, 6.45) is 0.656. The number of aliphatic hydroxyl groups excluding tert-OH is 1. The van der Waals surface area contributed by atoms with E-state index in [9.17, 15) is 14.7 Å². The van der Waals surface area contributed by atoms with Crippen LogP contribution in [0.5, 0.6) is 5.75 Å². The highest BCUT2D eigenvalue weighted by Crippen LogP contribution is 2.22. The molecule has 2 rings (SSSR count). The Bertz CT molecular complexity index is 668. The number of urea groups is 1. The summed E-state index contributed by atoms with van der Waals surface area (Å²) in [4.78, 5) is 25.4. The van der Waals surface area contributed by atoms with Crippen LogP contribution in [-0.4, -0.2) is 46.7 Å². The third-order valence-electron chi connectivity index (χ3n) is 4.14. The Morgan fingerprint density at radius 2 is 2.04 bits per heavy atom. The lowest BCUT2D eigenvalue weighted by Gasteiger charge is -2.22. The van der Waals surface area contributed by atoms with Gasteiger partial charge in [0.25, 0.3) is 5.91 Å². The van der Waals surface area contributed by atoms with Crippen LogP contribution in [0, 0.1) is 11.3 Å². The quantitative estimate of drug-likeness (QED) is 0.697. The van der Waals surface area contributed by atoms with Gasteiger partial charge >= 0.3 is 6.03 Å². The topological polar surface area (TPSA) is 103 Å². The summed E-state index contributed by atoms with van der Waals surface area (Å²) >= 11 is 0. The summed E-state index contributed by atoms with van der Waals surface area (Å²) in [5.74, 6) is 0.230. The van der Waals surface area contributed by atoms with Gasteiger partial charge in [-0.05, 0) is 31.0 Å². The number of carbonyl (C=O) groups excluding carboxylic acids is 2. The van der Waals surface area contributed by atoms with Gasteiger partial charge in [-0.15, -0.1) is 0 Å². The number of carbonyl (C=O) groups is 2. The summed E-state index contributed by atoms with van der Waals surface area (Å²) < 4.78 is 5.48. The number of hydrogen-bond acceptors (Lipinski definition) is 5. The molecule has 2 atom stereocenters. The minimum Gasteiger partial charge on any atom is -0.491 e. The molecule has 0 spiro atoms. The first-order valence-corrected chi connectivity index (χ1v) is 8.30. The van der Waals surface area contributed by atoms with Gasteiger partial charge in [-0.1, -0.05) is 25.5 Å². The Balaban J connectivity index is 1.87. The molecule has 25 heavy (non-hydrogen) atoms. The van der Waals surface area contributed by atoms with E-state index in [0.717, 1.165) is 16.9 Å². The zero-order valence-corrected chi connectivity index (χ0v) is 14.5. The van der Waals surface area contributed by atoms with Crippen molar-refractivity contribution >= 4 is 11.9 Å². The van der Waals surface area contributed by atoms with Crippen LogP contribution in [0.15, 0.2) is 24.3 Å². The Hall–Kier alpha value is -2.59. The molecule has 134 valence electrons. The molecule has 0 aromatic heterocycles. The zero-order valence-electron chi connectivity index (χ0n) is 14.5. The monoisotopic (exact) mass is 345 g/mol. The van der Waals surface area contributed by atoms with Crippen molar-refractivity contribution in [2.45, 2.75) is 44.8 Å². The van der Waals surface area contributed by atoms with Crippen LogP contribution in [0.4, 0.5) is 4.79 Å². The molecular formula is C18H23N3O4. The van der Waals surface area contributed by atoms with Gasteiger partial charge in [0.05, 0.1) is 19.0 Å². The minimum absolute atomic E-state index is 0.0425. The molecule has 1 aromatic rings. The van der Waals surface area contributed by atoms with E-state index in [1.807, 2.05) is 6.92 Å². The first-order valence-electron chi connectivity index (χ1n) is 8.30. The SMILES string of the molecule is CCC[C@]1(C)NC(=O)N(C[C@@H](O)COc2ccc(CC#N)cc2)C1=O. The molecule has 0 aliphatic carbocycles. The molecule has 7 nitrogen and oxygen atoms in total. The van der Waals surface area contributed by atoms with Crippen LogP contribution in [0.3, 0.4) is 0 Å². The van der Waals surface area contributed by atoms with Gasteiger partial charge in [0.15, 0.2) is 0 Å². The molecule has 3 amide bonds. The number of ether oxygens (including phenoxy) is 1. The van der Waals surface area contributed by atoms with E-state index >= 15 is 0 Å². The number of nitrogens with zero attached hydrogens (tertiary/aromatic N) is 2. The van der Waals surface area contributed by atoms with Gasteiger partial charge in [0.1, 0.15) is 24.0 Å². The van der Waals surface area contributed by atoms with E-state index in [2.05, 4.69) is 11.4 Å². The van der Waals surface area contributed by atoms with Crippen molar-refractivity contribution in [2.24, 2.45) is 0 Å². The largest absolute Gasteiger partial charge is 0.491 e. The number of nitrogens with one attached hydrogen (secondary N) is 1. The Kier molecular flexibility index (Phi) is 5.99. The van der Waals surface area contributed by atoms with Crippen LogP contribution in [0.25, 0.3) is 0 Å². The second kappa shape index (κ2) is 7.99. The predicted molar refractivity (Wildman–Crippen MR) is 90.8 cm³/mol. The molecule has 1 heterocycles. The number of amides is 3. The third-order valence-corrected chi connectivity index (χ3v) is 4.14. The van der Waals surface area contributed by atoms with Gasteiger partial charge < -0.3 is 15.2 Å². The van der Waals surface area contributed by atoms with Crippen molar-refractivity contribution in [3.05, 3.63) is 29.8 Å². The fourth-order valence-corrected chi connectivity index (χ4v) is 2.83. The van der Waals surface area contributed by atoms with E-state index in [0.29, 0.717) is 18.6 Å². The van der Waals surface area contributed by atoms with E-state index < -0.39 is 17.7 Å². The molecule has 0 unspecified atom stereocenters. The summed E-state index contributed by atoms with van der Waals surface area (Å²) in [5.41, 5.74) is -0.0202. The first-order chi connectivity index (χ1) is 11.9.